The third-order valence-electron chi connectivity index (χ3n) is 4.30. The van der Waals surface area contributed by atoms with E-state index in [1.165, 1.54) is 0 Å². The number of hydrogen-bond acceptors (Lipinski definition) is 5. The normalized spacial score (nSPS) is 16.4. The highest BCUT2D eigenvalue weighted by Gasteiger charge is 2.23. The molecule has 2 aromatic rings. The van der Waals surface area contributed by atoms with Gasteiger partial charge < -0.3 is 19.4 Å². The molecule has 1 aliphatic rings. The number of hydrogen-bond donors (Lipinski definition) is 1. The monoisotopic (exact) mass is 401 g/mol. The summed E-state index contributed by atoms with van der Waals surface area (Å²) in [6.45, 7) is 4.54. The number of amides is 1. The molecular weight excluding hydrogens is 377 g/mol. The van der Waals surface area contributed by atoms with Crippen LogP contribution in [0, 0.1) is 0 Å². The standard InChI is InChI=1S/C18H23N3O3.2ClH/c1-13-11-19-9-10-21(13)18(22)8-7-17-20-12-16(24-17)14-3-5-15(23-2)6-4-14;;/h3-6,12-13,19H,7-11H2,1-2H3;2*1H/t13-;;/m0../s1. The molecular formula is C18H25Cl2N3O3. The predicted molar refractivity (Wildman–Crippen MR) is 105 cm³/mol. The Hall–Kier alpha value is -1.76. The van der Waals surface area contributed by atoms with E-state index < -0.39 is 0 Å². The fraction of sp³-hybridized carbons (Fsp3) is 0.444. The molecule has 1 saturated heterocycles. The van der Waals surface area contributed by atoms with Gasteiger partial charge in [-0.3, -0.25) is 4.79 Å². The summed E-state index contributed by atoms with van der Waals surface area (Å²) in [7, 11) is 1.64. The summed E-state index contributed by atoms with van der Waals surface area (Å²) in [6, 6.07) is 7.86. The van der Waals surface area contributed by atoms with Crippen LogP contribution in [0.25, 0.3) is 11.3 Å². The zero-order chi connectivity index (χ0) is 16.9. The maximum Gasteiger partial charge on any atom is 0.223 e. The maximum absolute atomic E-state index is 12.3. The molecule has 0 unspecified atom stereocenters. The number of carbonyl (C=O) groups excluding carboxylic acids is 1. The van der Waals surface area contributed by atoms with Crippen LogP contribution in [0.2, 0.25) is 0 Å². The molecule has 0 saturated carbocycles. The van der Waals surface area contributed by atoms with Gasteiger partial charge in [0.25, 0.3) is 0 Å². The van der Waals surface area contributed by atoms with Crippen LogP contribution < -0.4 is 10.1 Å². The highest BCUT2D eigenvalue weighted by atomic mass is 35.5. The number of rotatable bonds is 5. The number of oxazole rings is 1. The quantitative estimate of drug-likeness (QED) is 0.833. The van der Waals surface area contributed by atoms with E-state index >= 15 is 0 Å². The van der Waals surface area contributed by atoms with Gasteiger partial charge in [0.1, 0.15) is 5.75 Å². The highest BCUT2D eigenvalue weighted by molar-refractivity contribution is 5.85. The lowest BCUT2D eigenvalue weighted by Crippen LogP contribution is -2.52. The molecule has 144 valence electrons. The summed E-state index contributed by atoms with van der Waals surface area (Å²) in [5, 5.41) is 3.29. The number of halogens is 2. The lowest BCUT2D eigenvalue weighted by Gasteiger charge is -2.34. The second-order valence-electron chi connectivity index (χ2n) is 5.99. The van der Waals surface area contributed by atoms with Crippen molar-refractivity contribution in [3.05, 3.63) is 36.4 Å². The van der Waals surface area contributed by atoms with Gasteiger partial charge in [0.15, 0.2) is 11.7 Å². The molecule has 1 fully saturated rings. The van der Waals surface area contributed by atoms with E-state index in [9.17, 15) is 4.79 Å². The predicted octanol–water partition coefficient (Wildman–Crippen LogP) is 2.95. The summed E-state index contributed by atoms with van der Waals surface area (Å²) in [6.07, 6.45) is 2.65. The molecule has 1 aromatic carbocycles. The van der Waals surface area contributed by atoms with Gasteiger partial charge in [-0.25, -0.2) is 4.98 Å². The van der Waals surface area contributed by atoms with Gasteiger partial charge in [0.05, 0.1) is 13.3 Å². The van der Waals surface area contributed by atoms with E-state index in [0.717, 1.165) is 30.9 Å². The fourth-order valence-electron chi connectivity index (χ4n) is 2.88. The Morgan fingerprint density at radius 3 is 2.73 bits per heavy atom. The van der Waals surface area contributed by atoms with Gasteiger partial charge in [0, 0.05) is 44.1 Å². The maximum atomic E-state index is 12.3. The molecule has 2 heterocycles. The summed E-state index contributed by atoms with van der Waals surface area (Å²) in [5.41, 5.74) is 0.941. The number of ether oxygens (including phenoxy) is 1. The molecule has 3 rings (SSSR count). The zero-order valence-electron chi connectivity index (χ0n) is 14.9. The molecule has 8 heteroatoms. The zero-order valence-corrected chi connectivity index (χ0v) is 16.6. The molecule has 1 aliphatic heterocycles. The Morgan fingerprint density at radius 1 is 1.35 bits per heavy atom. The second kappa shape index (κ2) is 10.4. The van der Waals surface area contributed by atoms with Crippen molar-refractivity contribution in [1.82, 2.24) is 15.2 Å². The largest absolute Gasteiger partial charge is 0.497 e. The van der Waals surface area contributed by atoms with Crippen molar-refractivity contribution in [1.29, 1.82) is 0 Å². The molecule has 0 aliphatic carbocycles. The van der Waals surface area contributed by atoms with E-state index in [1.54, 1.807) is 13.3 Å². The number of nitrogens with zero attached hydrogens (tertiary/aromatic N) is 2. The molecule has 1 aromatic heterocycles. The number of piperazine rings is 1. The summed E-state index contributed by atoms with van der Waals surface area (Å²) in [4.78, 5) is 18.6. The van der Waals surface area contributed by atoms with Crippen molar-refractivity contribution in [3.8, 4) is 17.1 Å². The average molecular weight is 402 g/mol. The first-order valence-corrected chi connectivity index (χ1v) is 8.26. The number of aryl methyl sites for hydroxylation is 1. The lowest BCUT2D eigenvalue weighted by molar-refractivity contribution is -0.134. The van der Waals surface area contributed by atoms with Crippen LogP contribution in [0.3, 0.4) is 0 Å². The van der Waals surface area contributed by atoms with Gasteiger partial charge in [-0.1, -0.05) is 0 Å². The first kappa shape index (κ1) is 22.3. The number of carbonyl (C=O) groups is 1. The van der Waals surface area contributed by atoms with Crippen LogP contribution in [0.5, 0.6) is 5.75 Å². The summed E-state index contributed by atoms with van der Waals surface area (Å²) >= 11 is 0. The number of methoxy groups -OCH3 is 1. The van der Waals surface area contributed by atoms with E-state index in [1.807, 2.05) is 29.2 Å². The van der Waals surface area contributed by atoms with Gasteiger partial charge in [-0.2, -0.15) is 0 Å². The second-order valence-corrected chi connectivity index (χ2v) is 5.99. The van der Waals surface area contributed by atoms with Crippen molar-refractivity contribution in [2.75, 3.05) is 26.7 Å². The molecule has 0 radical (unpaired) electrons. The van der Waals surface area contributed by atoms with Crippen molar-refractivity contribution < 1.29 is 13.9 Å². The average Bonchev–Trinajstić information content (AvgIpc) is 3.09. The molecule has 1 atom stereocenters. The van der Waals surface area contributed by atoms with Crippen molar-refractivity contribution in [3.63, 3.8) is 0 Å². The number of nitrogens with one attached hydrogen (secondary N) is 1. The Bertz CT molecular complexity index is 691. The first-order valence-electron chi connectivity index (χ1n) is 8.26. The molecule has 0 spiro atoms. The van der Waals surface area contributed by atoms with Gasteiger partial charge in [-0.05, 0) is 31.2 Å². The first-order chi connectivity index (χ1) is 11.7. The minimum absolute atomic E-state index is 0. The van der Waals surface area contributed by atoms with Crippen LogP contribution in [-0.2, 0) is 11.2 Å². The van der Waals surface area contributed by atoms with E-state index in [2.05, 4.69) is 17.2 Å². The molecule has 1 N–H and O–H groups in total. The SMILES string of the molecule is COc1ccc(-c2cnc(CCC(=O)N3CCNC[C@@H]3C)o2)cc1.Cl.Cl. The van der Waals surface area contributed by atoms with Crippen LogP contribution >= 0.6 is 24.8 Å². The number of aromatic nitrogens is 1. The third-order valence-corrected chi connectivity index (χ3v) is 4.30. The van der Waals surface area contributed by atoms with E-state index in [-0.39, 0.29) is 36.8 Å². The Labute approximate surface area is 166 Å². The Balaban J connectivity index is 0.00000169. The minimum Gasteiger partial charge on any atom is -0.497 e. The van der Waals surface area contributed by atoms with E-state index in [0.29, 0.717) is 24.5 Å². The highest BCUT2D eigenvalue weighted by Crippen LogP contribution is 2.23. The lowest BCUT2D eigenvalue weighted by atomic mass is 10.2. The number of benzene rings is 1. The van der Waals surface area contributed by atoms with Gasteiger partial charge in [0.2, 0.25) is 5.91 Å². The van der Waals surface area contributed by atoms with Gasteiger partial charge in [-0.15, -0.1) is 24.8 Å². The minimum atomic E-state index is 0. The molecule has 26 heavy (non-hydrogen) atoms. The van der Waals surface area contributed by atoms with Crippen molar-refractivity contribution >= 4 is 30.7 Å². The van der Waals surface area contributed by atoms with Crippen LogP contribution in [0.4, 0.5) is 0 Å². The Morgan fingerprint density at radius 2 is 2.08 bits per heavy atom. The summed E-state index contributed by atoms with van der Waals surface area (Å²) in [5.74, 6) is 2.26. The third kappa shape index (κ3) is 5.37. The Kier molecular flexibility index (Phi) is 8.92. The molecule has 6 nitrogen and oxygen atoms in total. The van der Waals surface area contributed by atoms with Crippen LogP contribution in [-0.4, -0.2) is 48.6 Å². The van der Waals surface area contributed by atoms with Crippen LogP contribution in [0.1, 0.15) is 19.2 Å². The van der Waals surface area contributed by atoms with Crippen molar-refractivity contribution in [2.24, 2.45) is 0 Å². The van der Waals surface area contributed by atoms with Crippen LogP contribution in [0.15, 0.2) is 34.9 Å². The fourth-order valence-corrected chi connectivity index (χ4v) is 2.88. The van der Waals surface area contributed by atoms with Gasteiger partial charge >= 0.3 is 0 Å². The summed E-state index contributed by atoms with van der Waals surface area (Å²) < 4.78 is 10.9. The topological polar surface area (TPSA) is 67.6 Å². The van der Waals surface area contributed by atoms with E-state index in [4.69, 9.17) is 9.15 Å². The smallest absolute Gasteiger partial charge is 0.223 e. The molecule has 1 amide bonds. The van der Waals surface area contributed by atoms with Crippen molar-refractivity contribution in [2.45, 2.75) is 25.8 Å². The molecule has 0 bridgehead atoms.